The molecule has 3 N–H and O–H groups in total. The van der Waals surface area contributed by atoms with Crippen molar-refractivity contribution in [1.82, 2.24) is 0 Å². The molecule has 0 aliphatic rings. The summed E-state index contributed by atoms with van der Waals surface area (Å²) in [6, 6.07) is 4.71. The van der Waals surface area contributed by atoms with Gasteiger partial charge in [0.1, 0.15) is 0 Å². The Morgan fingerprint density at radius 3 is 2.14 bits per heavy atom. The minimum atomic E-state index is -1.49. The predicted octanol–water partition coefficient (Wildman–Crippen LogP) is 1.24. The summed E-state index contributed by atoms with van der Waals surface area (Å²) in [4.78, 5) is 33.7. The third-order valence-electron chi connectivity index (χ3n) is 2.53. The number of hydrogen-bond acceptors (Lipinski definition) is 5. The summed E-state index contributed by atoms with van der Waals surface area (Å²) in [7, 11) is 1.11. The van der Waals surface area contributed by atoms with Gasteiger partial charge in [0.05, 0.1) is 7.11 Å². The van der Waals surface area contributed by atoms with Crippen LogP contribution in [-0.2, 0) is 19.1 Å². The number of carbonyl (C=O) groups excluding carboxylic acids is 2. The second-order valence-electron chi connectivity index (χ2n) is 4.25. The fraction of sp³-hybridized carbons (Fsp3) is 0.214. The number of esters is 1. The number of ether oxygens (including phenoxy) is 1. The van der Waals surface area contributed by atoms with Crippen LogP contribution in [0.2, 0.25) is 0 Å². The summed E-state index contributed by atoms with van der Waals surface area (Å²) >= 11 is 0. The second-order valence-corrected chi connectivity index (χ2v) is 4.25. The lowest BCUT2D eigenvalue weighted by molar-refractivity contribution is -0.150. The number of carbonyl (C=O) groups is 3. The first kappa shape index (κ1) is 16.2. The monoisotopic (exact) mass is 292 g/mol. The van der Waals surface area contributed by atoms with Gasteiger partial charge in [-0.2, -0.15) is 0 Å². The van der Waals surface area contributed by atoms with Gasteiger partial charge in [-0.05, 0) is 31.2 Å². The minimum Gasteiger partial charge on any atom is -0.479 e. The van der Waals surface area contributed by atoms with Gasteiger partial charge < -0.3 is 20.5 Å². The Labute approximate surface area is 121 Å². The Balaban J connectivity index is 2.78. The van der Waals surface area contributed by atoms with Crippen LogP contribution in [0.25, 0.3) is 0 Å². The highest BCUT2D eigenvalue weighted by molar-refractivity contribution is 6.03. The van der Waals surface area contributed by atoms with E-state index >= 15 is 0 Å². The largest absolute Gasteiger partial charge is 0.479 e. The average Bonchev–Trinajstić information content (AvgIpc) is 2.45. The number of carboxylic acid groups (broad SMARTS) is 1. The maximum Gasteiger partial charge on any atom is 0.340 e. The van der Waals surface area contributed by atoms with Crippen LogP contribution >= 0.6 is 0 Å². The minimum absolute atomic E-state index is 0.311. The Hall–Kier alpha value is -2.83. The highest BCUT2D eigenvalue weighted by Crippen LogP contribution is 2.15. The quantitative estimate of drug-likeness (QED) is 0.414. The molecule has 21 heavy (non-hydrogen) atoms. The lowest BCUT2D eigenvalue weighted by Crippen LogP contribution is -2.38. The van der Waals surface area contributed by atoms with Crippen LogP contribution in [0.5, 0.6) is 0 Å². The number of amides is 1. The molecule has 1 atom stereocenters. The molecule has 0 aliphatic carbocycles. The van der Waals surface area contributed by atoms with Crippen LogP contribution in [0.4, 0.5) is 11.4 Å². The number of nitrogens with one attached hydrogen (secondary N) is 2. The van der Waals surface area contributed by atoms with Gasteiger partial charge in [0.25, 0.3) is 5.91 Å². The maximum atomic E-state index is 11.4. The number of hydrogen-bond donors (Lipinski definition) is 3. The van der Waals surface area contributed by atoms with E-state index < -0.39 is 18.0 Å². The van der Waals surface area contributed by atoms with Crippen molar-refractivity contribution in [3.63, 3.8) is 0 Å². The third-order valence-corrected chi connectivity index (χ3v) is 2.53. The summed E-state index contributed by atoms with van der Waals surface area (Å²) in [5.41, 5.74) is 1.30. The van der Waals surface area contributed by atoms with Gasteiger partial charge in [-0.1, -0.05) is 6.58 Å². The van der Waals surface area contributed by atoms with E-state index in [9.17, 15) is 14.4 Å². The number of anilines is 2. The van der Waals surface area contributed by atoms with Crippen molar-refractivity contribution < 1.29 is 24.2 Å². The molecule has 7 heteroatoms. The summed E-state index contributed by atoms with van der Waals surface area (Å²) in [6.07, 6.45) is 0. The van der Waals surface area contributed by atoms with E-state index in [1.165, 1.54) is 12.1 Å². The van der Waals surface area contributed by atoms with Crippen molar-refractivity contribution in [3.8, 4) is 0 Å². The molecule has 1 amide bonds. The second kappa shape index (κ2) is 7.09. The lowest BCUT2D eigenvalue weighted by Gasteiger charge is -2.14. The zero-order chi connectivity index (χ0) is 16.0. The van der Waals surface area contributed by atoms with Gasteiger partial charge in [-0.3, -0.25) is 4.79 Å². The van der Waals surface area contributed by atoms with Crippen LogP contribution in [0, 0.1) is 0 Å². The van der Waals surface area contributed by atoms with E-state index in [-0.39, 0.29) is 5.91 Å². The average molecular weight is 292 g/mol. The Kier molecular flexibility index (Phi) is 5.48. The predicted molar refractivity (Wildman–Crippen MR) is 76.9 cm³/mol. The van der Waals surface area contributed by atoms with Gasteiger partial charge in [0, 0.05) is 16.9 Å². The van der Waals surface area contributed by atoms with Crippen molar-refractivity contribution in [3.05, 3.63) is 36.4 Å². The Morgan fingerprint density at radius 1 is 1.19 bits per heavy atom. The van der Waals surface area contributed by atoms with Gasteiger partial charge in [0.15, 0.2) is 0 Å². The number of aliphatic carboxylic acids is 1. The van der Waals surface area contributed by atoms with Gasteiger partial charge in [0.2, 0.25) is 6.04 Å². The van der Waals surface area contributed by atoms with Crippen molar-refractivity contribution in [2.75, 3.05) is 17.7 Å². The molecule has 1 aromatic carbocycles. The van der Waals surface area contributed by atoms with Crippen LogP contribution in [0.3, 0.4) is 0 Å². The molecular formula is C14H16N2O5. The number of carboxylic acids is 1. The van der Waals surface area contributed by atoms with E-state index in [0.717, 1.165) is 7.11 Å². The van der Waals surface area contributed by atoms with Crippen LogP contribution < -0.4 is 10.6 Å². The van der Waals surface area contributed by atoms with E-state index in [1.54, 1.807) is 19.1 Å². The topological polar surface area (TPSA) is 105 Å². The van der Waals surface area contributed by atoms with Gasteiger partial charge >= 0.3 is 11.9 Å². The van der Waals surface area contributed by atoms with Gasteiger partial charge in [-0.25, -0.2) is 9.59 Å². The first-order chi connectivity index (χ1) is 9.85. The molecule has 1 unspecified atom stereocenters. The molecule has 0 aromatic heterocycles. The number of methoxy groups -OCH3 is 1. The molecule has 0 aliphatic heterocycles. The molecule has 1 rings (SSSR count). The zero-order valence-corrected chi connectivity index (χ0v) is 11.7. The molecule has 0 bridgehead atoms. The molecule has 0 saturated heterocycles. The van der Waals surface area contributed by atoms with Crippen molar-refractivity contribution in [2.45, 2.75) is 13.0 Å². The zero-order valence-electron chi connectivity index (χ0n) is 11.7. The first-order valence-corrected chi connectivity index (χ1v) is 5.99. The van der Waals surface area contributed by atoms with E-state index in [4.69, 9.17) is 5.11 Å². The molecule has 1 aromatic rings. The smallest absolute Gasteiger partial charge is 0.340 e. The maximum absolute atomic E-state index is 11.4. The summed E-state index contributed by atoms with van der Waals surface area (Å²) in [5.74, 6) is -2.56. The van der Waals surface area contributed by atoms with E-state index in [1.807, 2.05) is 0 Å². The van der Waals surface area contributed by atoms with Crippen molar-refractivity contribution >= 4 is 29.2 Å². The molecule has 0 fully saturated rings. The molecule has 0 heterocycles. The number of benzene rings is 1. The van der Waals surface area contributed by atoms with Crippen LogP contribution in [0.1, 0.15) is 6.92 Å². The molecule has 0 radical (unpaired) electrons. The van der Waals surface area contributed by atoms with E-state index in [0.29, 0.717) is 16.9 Å². The SMILES string of the molecule is C=C(C)C(=O)Nc1ccc(NC(C(=O)O)C(=O)OC)cc1. The number of rotatable bonds is 6. The highest BCUT2D eigenvalue weighted by Gasteiger charge is 2.26. The van der Waals surface area contributed by atoms with Crippen molar-refractivity contribution in [1.29, 1.82) is 0 Å². The Bertz CT molecular complexity index is 565. The standard InChI is InChI=1S/C14H16N2O5/c1-8(2)12(17)16-10-6-4-9(5-7-10)15-11(13(18)19)14(20)21-3/h4-7,11,15H,1H2,2-3H3,(H,16,17)(H,18,19). The highest BCUT2D eigenvalue weighted by atomic mass is 16.5. The third kappa shape index (κ3) is 4.64. The van der Waals surface area contributed by atoms with Crippen LogP contribution in [-0.4, -0.2) is 36.1 Å². The molecule has 0 saturated carbocycles. The van der Waals surface area contributed by atoms with Crippen molar-refractivity contribution in [2.24, 2.45) is 0 Å². The summed E-state index contributed by atoms with van der Waals surface area (Å²) in [6.45, 7) is 5.10. The summed E-state index contributed by atoms with van der Waals surface area (Å²) in [5, 5.41) is 14.1. The fourth-order valence-corrected chi connectivity index (χ4v) is 1.39. The summed E-state index contributed by atoms with van der Waals surface area (Å²) < 4.78 is 4.40. The normalized spacial score (nSPS) is 11.1. The molecule has 0 spiro atoms. The van der Waals surface area contributed by atoms with Gasteiger partial charge in [-0.15, -0.1) is 0 Å². The lowest BCUT2D eigenvalue weighted by atomic mass is 10.2. The Morgan fingerprint density at radius 2 is 1.71 bits per heavy atom. The molecule has 7 nitrogen and oxygen atoms in total. The first-order valence-electron chi connectivity index (χ1n) is 5.99. The van der Waals surface area contributed by atoms with Crippen LogP contribution in [0.15, 0.2) is 36.4 Å². The fourth-order valence-electron chi connectivity index (χ4n) is 1.39. The van der Waals surface area contributed by atoms with E-state index in [2.05, 4.69) is 21.9 Å². The molecular weight excluding hydrogens is 276 g/mol. The molecule has 112 valence electrons.